The number of hydrogen-bond acceptors (Lipinski definition) is 4. The first-order chi connectivity index (χ1) is 11.0. The predicted octanol–water partition coefficient (Wildman–Crippen LogP) is 2.04. The summed E-state index contributed by atoms with van der Waals surface area (Å²) in [6.45, 7) is 6.70. The largest absolute Gasteiger partial charge is 0.480 e. The van der Waals surface area contributed by atoms with Gasteiger partial charge in [-0.05, 0) is 12.1 Å². The summed E-state index contributed by atoms with van der Waals surface area (Å²) in [6, 6.07) is 3.88. The number of aliphatic carboxylic acids is 1. The van der Waals surface area contributed by atoms with Gasteiger partial charge in [-0.1, -0.05) is 13.8 Å². The molecule has 0 spiro atoms. The van der Waals surface area contributed by atoms with Crippen LogP contribution in [0.1, 0.15) is 42.5 Å². The molecule has 2 aromatic heterocycles. The zero-order valence-corrected chi connectivity index (χ0v) is 13.6. The van der Waals surface area contributed by atoms with Crippen LogP contribution in [0, 0.1) is 0 Å². The van der Waals surface area contributed by atoms with Gasteiger partial charge in [0.2, 0.25) is 0 Å². The van der Waals surface area contributed by atoms with Gasteiger partial charge < -0.3 is 9.67 Å². The lowest BCUT2D eigenvalue weighted by atomic mass is 10.1. The summed E-state index contributed by atoms with van der Waals surface area (Å²) in [5, 5.41) is 8.97. The predicted molar refractivity (Wildman–Crippen MR) is 86.0 cm³/mol. The van der Waals surface area contributed by atoms with Gasteiger partial charge in [-0.15, -0.1) is 0 Å². The summed E-state index contributed by atoms with van der Waals surface area (Å²) in [7, 11) is 0. The topological polar surface area (TPSA) is 71.2 Å². The van der Waals surface area contributed by atoms with Gasteiger partial charge in [0.15, 0.2) is 0 Å². The Morgan fingerprint density at radius 3 is 3.00 bits per heavy atom. The molecule has 0 unspecified atom stereocenters. The summed E-state index contributed by atoms with van der Waals surface area (Å²) in [5.74, 6) is 0.436. The Morgan fingerprint density at radius 2 is 2.26 bits per heavy atom. The number of rotatable bonds is 5. The van der Waals surface area contributed by atoms with E-state index in [9.17, 15) is 4.79 Å². The zero-order chi connectivity index (χ0) is 16.4. The minimum absolute atomic E-state index is 0.00756. The van der Waals surface area contributed by atoms with Crippen LogP contribution in [0.15, 0.2) is 24.5 Å². The van der Waals surface area contributed by atoms with Crippen LogP contribution < -0.4 is 0 Å². The van der Waals surface area contributed by atoms with Crippen molar-refractivity contribution >= 4 is 5.97 Å². The molecule has 122 valence electrons. The number of carbonyl (C=O) groups is 1. The molecule has 0 atom stereocenters. The van der Waals surface area contributed by atoms with E-state index < -0.39 is 5.97 Å². The van der Waals surface area contributed by atoms with Crippen molar-refractivity contribution in [3.05, 3.63) is 47.3 Å². The number of nitrogens with zero attached hydrogens (tertiary/aromatic N) is 4. The molecular formula is C17H22N4O2. The average Bonchev–Trinajstić information content (AvgIpc) is 2.93. The molecule has 0 amide bonds. The Balaban J connectivity index is 1.70. The van der Waals surface area contributed by atoms with Crippen LogP contribution in [-0.4, -0.2) is 37.1 Å². The maximum Gasteiger partial charge on any atom is 0.323 e. The lowest BCUT2D eigenvalue weighted by molar-refractivity contribution is -0.137. The molecule has 6 nitrogen and oxygen atoms in total. The Hall–Kier alpha value is -2.21. The highest BCUT2D eigenvalue weighted by atomic mass is 16.4. The molecule has 0 radical (unpaired) electrons. The van der Waals surface area contributed by atoms with Crippen molar-refractivity contribution in [2.24, 2.45) is 0 Å². The SMILES string of the molecule is CC(C)c1ncc2c(n1)CCN(Cc1cccn1CC(=O)O)C2. The number of carboxylic acid groups (broad SMARTS) is 1. The van der Waals surface area contributed by atoms with Crippen molar-refractivity contribution in [3.8, 4) is 0 Å². The Bertz CT molecular complexity index is 708. The first-order valence-corrected chi connectivity index (χ1v) is 7.96. The molecule has 1 aliphatic rings. The van der Waals surface area contributed by atoms with E-state index in [1.807, 2.05) is 24.5 Å². The molecule has 0 aromatic carbocycles. The standard InChI is InChI=1S/C17H22N4O2/c1-12(2)17-18-8-13-9-20(7-5-15(13)19-17)10-14-4-3-6-21(14)11-16(22)23/h3-4,6,8,12H,5,7,9-11H2,1-2H3,(H,22,23). The summed E-state index contributed by atoms with van der Waals surface area (Å²) in [4.78, 5) is 22.4. The minimum Gasteiger partial charge on any atom is -0.480 e. The van der Waals surface area contributed by atoms with Gasteiger partial charge in [0.1, 0.15) is 12.4 Å². The molecule has 6 heteroatoms. The number of fused-ring (bicyclic) bond motifs is 1. The summed E-state index contributed by atoms with van der Waals surface area (Å²) in [5.41, 5.74) is 3.36. The third kappa shape index (κ3) is 3.59. The molecule has 0 fully saturated rings. The van der Waals surface area contributed by atoms with Crippen molar-refractivity contribution in [2.75, 3.05) is 6.54 Å². The number of carboxylic acids is 1. The van der Waals surface area contributed by atoms with Crippen LogP contribution in [0.4, 0.5) is 0 Å². The van der Waals surface area contributed by atoms with Crippen LogP contribution in [0.2, 0.25) is 0 Å². The van der Waals surface area contributed by atoms with Crippen molar-refractivity contribution in [3.63, 3.8) is 0 Å². The van der Waals surface area contributed by atoms with E-state index in [-0.39, 0.29) is 6.54 Å². The van der Waals surface area contributed by atoms with E-state index in [1.54, 1.807) is 4.57 Å². The van der Waals surface area contributed by atoms with E-state index in [0.29, 0.717) is 5.92 Å². The fraction of sp³-hybridized carbons (Fsp3) is 0.471. The maximum absolute atomic E-state index is 10.9. The van der Waals surface area contributed by atoms with Crippen molar-refractivity contribution in [1.82, 2.24) is 19.4 Å². The molecule has 0 aliphatic carbocycles. The first-order valence-electron chi connectivity index (χ1n) is 7.96. The fourth-order valence-corrected chi connectivity index (χ4v) is 2.93. The monoisotopic (exact) mass is 314 g/mol. The van der Waals surface area contributed by atoms with Gasteiger partial charge >= 0.3 is 5.97 Å². The molecule has 0 saturated carbocycles. The quantitative estimate of drug-likeness (QED) is 0.914. The molecule has 0 bridgehead atoms. The van der Waals surface area contributed by atoms with E-state index in [2.05, 4.69) is 28.7 Å². The van der Waals surface area contributed by atoms with E-state index >= 15 is 0 Å². The molecular weight excluding hydrogens is 292 g/mol. The average molecular weight is 314 g/mol. The summed E-state index contributed by atoms with van der Waals surface area (Å²) in [6.07, 6.45) is 4.68. The third-order valence-electron chi connectivity index (χ3n) is 4.16. The fourth-order valence-electron chi connectivity index (χ4n) is 2.93. The smallest absolute Gasteiger partial charge is 0.323 e. The highest BCUT2D eigenvalue weighted by Crippen LogP contribution is 2.20. The van der Waals surface area contributed by atoms with E-state index in [4.69, 9.17) is 5.11 Å². The lowest BCUT2D eigenvalue weighted by Crippen LogP contribution is -2.32. The first kappa shape index (κ1) is 15.7. The molecule has 0 saturated heterocycles. The van der Waals surface area contributed by atoms with Crippen LogP contribution in [0.3, 0.4) is 0 Å². The second-order valence-corrected chi connectivity index (χ2v) is 6.34. The number of hydrogen-bond donors (Lipinski definition) is 1. The third-order valence-corrected chi connectivity index (χ3v) is 4.16. The van der Waals surface area contributed by atoms with Gasteiger partial charge in [0.05, 0.1) is 0 Å². The molecule has 3 heterocycles. The highest BCUT2D eigenvalue weighted by molar-refractivity contribution is 5.66. The van der Waals surface area contributed by atoms with Gasteiger partial charge in [-0.2, -0.15) is 0 Å². The normalized spacial score (nSPS) is 14.9. The second kappa shape index (κ2) is 6.50. The van der Waals surface area contributed by atoms with Crippen LogP contribution in [0.5, 0.6) is 0 Å². The van der Waals surface area contributed by atoms with E-state index in [1.165, 1.54) is 5.56 Å². The molecule has 1 N–H and O–H groups in total. The highest BCUT2D eigenvalue weighted by Gasteiger charge is 2.20. The molecule has 2 aromatic rings. The van der Waals surface area contributed by atoms with Gasteiger partial charge in [-0.25, -0.2) is 9.97 Å². The maximum atomic E-state index is 10.9. The van der Waals surface area contributed by atoms with Crippen LogP contribution >= 0.6 is 0 Å². The summed E-state index contributed by atoms with van der Waals surface area (Å²) < 4.78 is 1.79. The lowest BCUT2D eigenvalue weighted by Gasteiger charge is -2.28. The van der Waals surface area contributed by atoms with Crippen molar-refractivity contribution in [1.29, 1.82) is 0 Å². The Labute approximate surface area is 135 Å². The van der Waals surface area contributed by atoms with Gasteiger partial charge in [-0.3, -0.25) is 9.69 Å². The molecule has 23 heavy (non-hydrogen) atoms. The Kier molecular flexibility index (Phi) is 4.43. The van der Waals surface area contributed by atoms with Crippen LogP contribution in [-0.2, 0) is 30.8 Å². The second-order valence-electron chi connectivity index (χ2n) is 6.34. The van der Waals surface area contributed by atoms with Crippen molar-refractivity contribution in [2.45, 2.75) is 45.8 Å². The number of aromatic nitrogens is 3. The zero-order valence-electron chi connectivity index (χ0n) is 13.6. The van der Waals surface area contributed by atoms with Crippen LogP contribution in [0.25, 0.3) is 0 Å². The van der Waals surface area contributed by atoms with Crippen molar-refractivity contribution < 1.29 is 9.90 Å². The Morgan fingerprint density at radius 1 is 1.43 bits per heavy atom. The molecule has 3 rings (SSSR count). The minimum atomic E-state index is -0.818. The van der Waals surface area contributed by atoms with Gasteiger partial charge in [0.25, 0.3) is 0 Å². The van der Waals surface area contributed by atoms with Gasteiger partial charge in [0, 0.05) is 61.3 Å². The van der Waals surface area contributed by atoms with E-state index in [0.717, 1.165) is 43.3 Å². The molecule has 1 aliphatic heterocycles. The summed E-state index contributed by atoms with van der Waals surface area (Å²) >= 11 is 0.